The molecule has 0 aliphatic carbocycles. The van der Waals surface area contributed by atoms with E-state index in [1.807, 2.05) is 36.6 Å². The van der Waals surface area contributed by atoms with Crippen LogP contribution in [0, 0.1) is 0 Å². The van der Waals surface area contributed by atoms with Crippen molar-refractivity contribution in [2.45, 2.75) is 11.3 Å². The lowest BCUT2D eigenvalue weighted by molar-refractivity contribution is 0.191. The van der Waals surface area contributed by atoms with Gasteiger partial charge in [-0.05, 0) is 17.9 Å². The van der Waals surface area contributed by atoms with E-state index in [1.54, 1.807) is 12.3 Å². The van der Waals surface area contributed by atoms with E-state index < -0.39 is 6.10 Å². The van der Waals surface area contributed by atoms with Gasteiger partial charge < -0.3 is 10.4 Å². The van der Waals surface area contributed by atoms with E-state index in [9.17, 15) is 5.11 Å². The van der Waals surface area contributed by atoms with Gasteiger partial charge in [0.05, 0.1) is 6.10 Å². The highest BCUT2D eigenvalue weighted by atomic mass is 32.2. The Labute approximate surface area is 110 Å². The van der Waals surface area contributed by atoms with Crippen LogP contribution in [0.15, 0.2) is 47.8 Å². The summed E-state index contributed by atoms with van der Waals surface area (Å²) in [5.74, 6) is 0.726. The van der Waals surface area contributed by atoms with Crippen molar-refractivity contribution < 1.29 is 5.11 Å². The first-order valence-corrected chi connectivity index (χ1v) is 6.86. The van der Waals surface area contributed by atoms with E-state index in [0.717, 1.165) is 11.4 Å². The number of hydrogen-bond donors (Lipinski definition) is 2. The molecule has 0 bridgehead atoms. The number of aliphatic hydroxyl groups is 1. The lowest BCUT2D eigenvalue weighted by Gasteiger charge is -2.12. The van der Waals surface area contributed by atoms with Crippen molar-refractivity contribution in [3.05, 3.63) is 48.2 Å². The minimum Gasteiger partial charge on any atom is -0.387 e. The molecule has 0 aliphatic heterocycles. The van der Waals surface area contributed by atoms with Gasteiger partial charge in [0.2, 0.25) is 0 Å². The Morgan fingerprint density at radius 1 is 1.28 bits per heavy atom. The van der Waals surface area contributed by atoms with Gasteiger partial charge in [0, 0.05) is 12.7 Å². The fraction of sp³-hybridized carbons (Fsp3) is 0.231. The summed E-state index contributed by atoms with van der Waals surface area (Å²) < 4.78 is 0. The lowest BCUT2D eigenvalue weighted by Crippen LogP contribution is -2.13. The maximum absolute atomic E-state index is 10.00. The molecule has 0 radical (unpaired) electrons. The first-order valence-electron chi connectivity index (χ1n) is 5.63. The van der Waals surface area contributed by atoms with Crippen molar-refractivity contribution in [1.29, 1.82) is 0 Å². The SMILES string of the molecule is CSc1nccc(NC[C@H](O)c2ccccc2)n1. The van der Waals surface area contributed by atoms with Crippen LogP contribution in [0.2, 0.25) is 0 Å². The van der Waals surface area contributed by atoms with Gasteiger partial charge in [-0.2, -0.15) is 0 Å². The minimum atomic E-state index is -0.543. The van der Waals surface area contributed by atoms with Gasteiger partial charge in [0.15, 0.2) is 5.16 Å². The molecule has 1 aromatic heterocycles. The average Bonchev–Trinajstić information content (AvgIpc) is 2.46. The van der Waals surface area contributed by atoms with Gasteiger partial charge in [-0.3, -0.25) is 0 Å². The van der Waals surface area contributed by atoms with E-state index in [-0.39, 0.29) is 0 Å². The Bertz CT molecular complexity index is 493. The van der Waals surface area contributed by atoms with Crippen molar-refractivity contribution in [2.24, 2.45) is 0 Å². The number of benzene rings is 1. The second-order valence-corrected chi connectivity index (χ2v) is 4.51. The summed E-state index contributed by atoms with van der Waals surface area (Å²) in [5.41, 5.74) is 0.893. The normalized spacial score (nSPS) is 12.1. The molecule has 2 rings (SSSR count). The van der Waals surface area contributed by atoms with Gasteiger partial charge in [-0.15, -0.1) is 0 Å². The molecule has 5 heteroatoms. The number of thioether (sulfide) groups is 1. The van der Waals surface area contributed by atoms with Gasteiger partial charge >= 0.3 is 0 Å². The topological polar surface area (TPSA) is 58.0 Å². The van der Waals surface area contributed by atoms with E-state index in [1.165, 1.54) is 11.8 Å². The van der Waals surface area contributed by atoms with Gasteiger partial charge in [-0.25, -0.2) is 9.97 Å². The van der Waals surface area contributed by atoms with Crippen molar-refractivity contribution >= 4 is 17.6 Å². The number of rotatable bonds is 5. The van der Waals surface area contributed by atoms with Crippen LogP contribution in [0.5, 0.6) is 0 Å². The lowest BCUT2D eigenvalue weighted by atomic mass is 10.1. The van der Waals surface area contributed by atoms with Crippen molar-refractivity contribution in [3.63, 3.8) is 0 Å². The fourth-order valence-electron chi connectivity index (χ4n) is 1.53. The van der Waals surface area contributed by atoms with E-state index >= 15 is 0 Å². The van der Waals surface area contributed by atoms with Gasteiger partial charge in [-0.1, -0.05) is 42.1 Å². The highest BCUT2D eigenvalue weighted by molar-refractivity contribution is 7.98. The first-order chi connectivity index (χ1) is 8.79. The van der Waals surface area contributed by atoms with Crippen LogP contribution in [0.4, 0.5) is 5.82 Å². The Hall–Kier alpha value is -1.59. The molecule has 1 heterocycles. The first kappa shape index (κ1) is 12.9. The largest absolute Gasteiger partial charge is 0.387 e. The number of nitrogens with one attached hydrogen (secondary N) is 1. The molecule has 0 unspecified atom stereocenters. The van der Waals surface area contributed by atoms with Crippen LogP contribution in [0.25, 0.3) is 0 Å². The number of aromatic nitrogens is 2. The van der Waals surface area contributed by atoms with Crippen LogP contribution < -0.4 is 5.32 Å². The Morgan fingerprint density at radius 2 is 2.06 bits per heavy atom. The van der Waals surface area contributed by atoms with Crippen molar-refractivity contribution in [2.75, 3.05) is 18.1 Å². The van der Waals surface area contributed by atoms with E-state index in [0.29, 0.717) is 11.7 Å². The Kier molecular flexibility index (Phi) is 4.55. The molecule has 0 saturated carbocycles. The van der Waals surface area contributed by atoms with Crippen LogP contribution in [0.3, 0.4) is 0 Å². The molecule has 18 heavy (non-hydrogen) atoms. The molecule has 94 valence electrons. The maximum atomic E-state index is 10.00. The zero-order valence-corrected chi connectivity index (χ0v) is 10.9. The highest BCUT2D eigenvalue weighted by Crippen LogP contribution is 2.14. The molecular formula is C13H15N3OS. The molecule has 0 fully saturated rings. The number of nitrogens with zero attached hydrogens (tertiary/aromatic N) is 2. The Balaban J connectivity index is 1.95. The highest BCUT2D eigenvalue weighted by Gasteiger charge is 2.06. The summed E-state index contributed by atoms with van der Waals surface area (Å²) in [6, 6.07) is 11.3. The van der Waals surface area contributed by atoms with Crippen LogP contribution in [-0.4, -0.2) is 27.9 Å². The van der Waals surface area contributed by atoms with Crippen LogP contribution >= 0.6 is 11.8 Å². The summed E-state index contributed by atoms with van der Waals surface area (Å²) in [5, 5.41) is 13.8. The molecule has 0 saturated heterocycles. The Morgan fingerprint density at radius 3 is 2.78 bits per heavy atom. The third-order valence-corrected chi connectivity index (χ3v) is 3.04. The summed E-state index contributed by atoms with van der Waals surface area (Å²) >= 11 is 1.49. The molecule has 1 aromatic carbocycles. The van der Waals surface area contributed by atoms with E-state index in [2.05, 4.69) is 15.3 Å². The summed E-state index contributed by atoms with van der Waals surface area (Å²) in [6.07, 6.45) is 3.09. The molecule has 2 aromatic rings. The van der Waals surface area contributed by atoms with Crippen LogP contribution in [0.1, 0.15) is 11.7 Å². The average molecular weight is 261 g/mol. The third-order valence-electron chi connectivity index (χ3n) is 2.48. The van der Waals surface area contributed by atoms with E-state index in [4.69, 9.17) is 0 Å². The fourth-order valence-corrected chi connectivity index (χ4v) is 1.89. The molecule has 0 spiro atoms. The molecular weight excluding hydrogens is 246 g/mol. The second kappa shape index (κ2) is 6.37. The maximum Gasteiger partial charge on any atom is 0.189 e. The smallest absolute Gasteiger partial charge is 0.189 e. The second-order valence-electron chi connectivity index (χ2n) is 3.74. The summed E-state index contributed by atoms with van der Waals surface area (Å²) in [6.45, 7) is 0.425. The van der Waals surface area contributed by atoms with Gasteiger partial charge in [0.25, 0.3) is 0 Å². The summed E-state index contributed by atoms with van der Waals surface area (Å²) in [7, 11) is 0. The number of hydrogen-bond acceptors (Lipinski definition) is 5. The standard InChI is InChI=1S/C13H15N3OS/c1-18-13-14-8-7-12(16-13)15-9-11(17)10-5-3-2-4-6-10/h2-8,11,17H,9H2,1H3,(H,14,15,16)/t11-/m0/s1. The molecule has 1 atom stereocenters. The van der Waals surface area contributed by atoms with Crippen molar-refractivity contribution in [3.8, 4) is 0 Å². The van der Waals surface area contributed by atoms with Crippen molar-refractivity contribution in [1.82, 2.24) is 9.97 Å². The quantitative estimate of drug-likeness (QED) is 0.639. The minimum absolute atomic E-state index is 0.425. The molecule has 0 amide bonds. The zero-order chi connectivity index (χ0) is 12.8. The van der Waals surface area contributed by atoms with Crippen LogP contribution in [-0.2, 0) is 0 Å². The van der Waals surface area contributed by atoms with Gasteiger partial charge in [0.1, 0.15) is 5.82 Å². The summed E-state index contributed by atoms with van der Waals surface area (Å²) in [4.78, 5) is 8.38. The number of anilines is 1. The predicted molar refractivity (Wildman–Crippen MR) is 73.7 cm³/mol. The molecule has 2 N–H and O–H groups in total. The monoisotopic (exact) mass is 261 g/mol. The number of aliphatic hydroxyl groups excluding tert-OH is 1. The third kappa shape index (κ3) is 3.45. The molecule has 0 aliphatic rings. The zero-order valence-electron chi connectivity index (χ0n) is 10.1. The predicted octanol–water partition coefficient (Wildman–Crippen LogP) is 2.34. The molecule has 4 nitrogen and oxygen atoms in total.